The minimum Gasteiger partial charge on any atom is -0.362 e. The van der Waals surface area contributed by atoms with Crippen molar-refractivity contribution in [2.24, 2.45) is 0 Å². The van der Waals surface area contributed by atoms with Crippen LogP contribution in [-0.4, -0.2) is 31.6 Å². The van der Waals surface area contributed by atoms with Gasteiger partial charge in [0.15, 0.2) is 0 Å². The summed E-state index contributed by atoms with van der Waals surface area (Å²) in [5.41, 5.74) is 2.31. The number of carbonyl (C=O) groups excluding carboxylic acids is 1. The van der Waals surface area contributed by atoms with Crippen molar-refractivity contribution in [1.82, 2.24) is 10.6 Å². The molecule has 0 aliphatic rings. The van der Waals surface area contributed by atoms with Gasteiger partial charge in [-0.1, -0.05) is 22.9 Å². The van der Waals surface area contributed by atoms with Crippen molar-refractivity contribution in [2.45, 2.75) is 40.3 Å². The van der Waals surface area contributed by atoms with Gasteiger partial charge in [-0.2, -0.15) is 0 Å². The number of rotatable bonds is 8. The topological polar surface area (TPSA) is 44.4 Å². The van der Waals surface area contributed by atoms with Crippen LogP contribution in [0.4, 0.5) is 5.69 Å². The van der Waals surface area contributed by atoms with Gasteiger partial charge in [0.2, 0.25) is 5.91 Å². The van der Waals surface area contributed by atoms with E-state index in [9.17, 15) is 4.79 Å². The first-order valence-electron chi connectivity index (χ1n) is 7.51. The van der Waals surface area contributed by atoms with Crippen molar-refractivity contribution >= 4 is 27.5 Å². The Kier molecular flexibility index (Phi) is 7.75. The molecule has 0 saturated heterocycles. The number of likely N-dealkylation sites (N-methyl/N-ethyl adjacent to an activating group) is 1. The van der Waals surface area contributed by atoms with Crippen LogP contribution in [0.5, 0.6) is 0 Å². The lowest BCUT2D eigenvalue weighted by Gasteiger charge is -2.26. The molecule has 4 nitrogen and oxygen atoms in total. The number of hydrogen-bond donors (Lipinski definition) is 2. The number of nitrogens with one attached hydrogen (secondary N) is 2. The van der Waals surface area contributed by atoms with E-state index in [4.69, 9.17) is 0 Å². The summed E-state index contributed by atoms with van der Waals surface area (Å²) in [4.78, 5) is 14.1. The summed E-state index contributed by atoms with van der Waals surface area (Å²) >= 11 is 3.52. The van der Waals surface area contributed by atoms with E-state index in [0.29, 0.717) is 6.54 Å². The van der Waals surface area contributed by atoms with E-state index in [1.165, 1.54) is 5.56 Å². The molecule has 1 amide bonds. The average molecular weight is 356 g/mol. The fourth-order valence-electron chi connectivity index (χ4n) is 2.17. The Bertz CT molecular complexity index is 463. The first kappa shape index (κ1) is 18.0. The summed E-state index contributed by atoms with van der Waals surface area (Å²) in [7, 11) is 0. The second kappa shape index (κ2) is 9.05. The molecule has 21 heavy (non-hydrogen) atoms. The molecule has 1 rings (SSSR count). The zero-order valence-electron chi connectivity index (χ0n) is 13.4. The molecule has 0 fully saturated rings. The highest BCUT2D eigenvalue weighted by Crippen LogP contribution is 2.24. The predicted octanol–water partition coefficient (Wildman–Crippen LogP) is 2.91. The highest BCUT2D eigenvalue weighted by atomic mass is 79.9. The number of anilines is 1. The lowest BCUT2D eigenvalue weighted by Crippen LogP contribution is -2.40. The molecule has 0 aliphatic carbocycles. The lowest BCUT2D eigenvalue weighted by molar-refractivity contribution is -0.120. The summed E-state index contributed by atoms with van der Waals surface area (Å²) in [5.74, 6) is 0.0594. The van der Waals surface area contributed by atoms with Crippen molar-refractivity contribution in [3.63, 3.8) is 0 Å². The third kappa shape index (κ3) is 6.06. The van der Waals surface area contributed by atoms with Crippen LogP contribution >= 0.6 is 15.9 Å². The van der Waals surface area contributed by atoms with Gasteiger partial charge in [-0.25, -0.2) is 0 Å². The molecule has 1 aromatic rings. The van der Waals surface area contributed by atoms with Gasteiger partial charge < -0.3 is 15.5 Å². The molecule has 0 radical (unpaired) electrons. The third-order valence-electron chi connectivity index (χ3n) is 3.11. The van der Waals surface area contributed by atoms with E-state index in [1.807, 2.05) is 19.9 Å². The van der Waals surface area contributed by atoms with Gasteiger partial charge in [-0.05, 0) is 51.1 Å². The number of carbonyl (C=O) groups is 1. The smallest absolute Gasteiger partial charge is 0.239 e. The van der Waals surface area contributed by atoms with Gasteiger partial charge in [0.25, 0.3) is 0 Å². The predicted molar refractivity (Wildman–Crippen MR) is 92.7 cm³/mol. The molecule has 0 saturated carbocycles. The van der Waals surface area contributed by atoms with Gasteiger partial charge in [0, 0.05) is 29.3 Å². The molecule has 0 unspecified atom stereocenters. The number of halogens is 1. The van der Waals surface area contributed by atoms with Gasteiger partial charge in [0.1, 0.15) is 0 Å². The monoisotopic (exact) mass is 355 g/mol. The standard InChI is InChI=1S/C16H26BrN3O/c1-5-18-10-13-9-14(17)7-8-15(13)20(6-2)11-16(21)19-12(3)4/h7-9,12,18H,5-6,10-11H2,1-4H3,(H,19,21). The number of nitrogens with zero attached hydrogens (tertiary/aromatic N) is 1. The lowest BCUT2D eigenvalue weighted by atomic mass is 10.1. The van der Waals surface area contributed by atoms with Crippen LogP contribution in [0.1, 0.15) is 33.3 Å². The van der Waals surface area contributed by atoms with Gasteiger partial charge >= 0.3 is 0 Å². The maximum absolute atomic E-state index is 12.0. The van der Waals surface area contributed by atoms with Crippen LogP contribution in [0.3, 0.4) is 0 Å². The van der Waals surface area contributed by atoms with Crippen molar-refractivity contribution in [1.29, 1.82) is 0 Å². The van der Waals surface area contributed by atoms with Crippen molar-refractivity contribution in [2.75, 3.05) is 24.5 Å². The highest BCUT2D eigenvalue weighted by Gasteiger charge is 2.14. The normalized spacial score (nSPS) is 10.8. The Morgan fingerprint density at radius 1 is 1.33 bits per heavy atom. The van der Waals surface area contributed by atoms with Crippen molar-refractivity contribution in [3.05, 3.63) is 28.2 Å². The van der Waals surface area contributed by atoms with Crippen LogP contribution in [0.15, 0.2) is 22.7 Å². The number of benzene rings is 1. The zero-order chi connectivity index (χ0) is 15.8. The molecule has 2 N–H and O–H groups in total. The molecule has 0 spiro atoms. The van der Waals surface area contributed by atoms with E-state index in [0.717, 1.165) is 29.8 Å². The molecule has 0 aliphatic heterocycles. The molecule has 118 valence electrons. The highest BCUT2D eigenvalue weighted by molar-refractivity contribution is 9.10. The van der Waals surface area contributed by atoms with Crippen LogP contribution in [0.25, 0.3) is 0 Å². The SMILES string of the molecule is CCNCc1cc(Br)ccc1N(CC)CC(=O)NC(C)C. The van der Waals surface area contributed by atoms with E-state index in [-0.39, 0.29) is 11.9 Å². The van der Waals surface area contributed by atoms with Gasteiger partial charge in [-0.3, -0.25) is 4.79 Å². The van der Waals surface area contributed by atoms with Crippen LogP contribution in [0, 0.1) is 0 Å². The molecule has 0 atom stereocenters. The van der Waals surface area contributed by atoms with Crippen LogP contribution in [-0.2, 0) is 11.3 Å². The molecule has 1 aromatic carbocycles. The minimum absolute atomic E-state index is 0.0594. The maximum atomic E-state index is 12.0. The van der Waals surface area contributed by atoms with E-state index in [2.05, 4.69) is 57.4 Å². The molecule has 0 heterocycles. The molecule has 0 aromatic heterocycles. The zero-order valence-corrected chi connectivity index (χ0v) is 15.0. The Hall–Kier alpha value is -1.07. The van der Waals surface area contributed by atoms with Gasteiger partial charge in [-0.15, -0.1) is 0 Å². The summed E-state index contributed by atoms with van der Waals surface area (Å²) in [6, 6.07) is 6.37. The largest absolute Gasteiger partial charge is 0.362 e. The van der Waals surface area contributed by atoms with Crippen LogP contribution in [0.2, 0.25) is 0 Å². The number of amides is 1. The second-order valence-electron chi connectivity index (χ2n) is 5.29. The fourth-order valence-corrected chi connectivity index (χ4v) is 2.58. The van der Waals surface area contributed by atoms with Crippen LogP contribution < -0.4 is 15.5 Å². The second-order valence-corrected chi connectivity index (χ2v) is 6.21. The minimum atomic E-state index is 0.0594. The summed E-state index contributed by atoms with van der Waals surface area (Å²) in [6.45, 7) is 11.0. The molecule has 5 heteroatoms. The van der Waals surface area contributed by atoms with Crippen molar-refractivity contribution < 1.29 is 4.79 Å². The Balaban J connectivity index is 2.90. The Morgan fingerprint density at radius 3 is 2.62 bits per heavy atom. The maximum Gasteiger partial charge on any atom is 0.239 e. The Morgan fingerprint density at radius 2 is 2.05 bits per heavy atom. The van der Waals surface area contributed by atoms with E-state index < -0.39 is 0 Å². The average Bonchev–Trinajstić information content (AvgIpc) is 2.42. The summed E-state index contributed by atoms with van der Waals surface area (Å²) in [6.07, 6.45) is 0. The Labute approximate surface area is 136 Å². The quantitative estimate of drug-likeness (QED) is 0.753. The van der Waals surface area contributed by atoms with E-state index in [1.54, 1.807) is 0 Å². The summed E-state index contributed by atoms with van der Waals surface area (Å²) < 4.78 is 1.06. The first-order valence-corrected chi connectivity index (χ1v) is 8.30. The number of hydrogen-bond acceptors (Lipinski definition) is 3. The van der Waals surface area contributed by atoms with Crippen molar-refractivity contribution in [3.8, 4) is 0 Å². The third-order valence-corrected chi connectivity index (χ3v) is 3.61. The van der Waals surface area contributed by atoms with E-state index >= 15 is 0 Å². The molecular weight excluding hydrogens is 330 g/mol. The first-order chi connectivity index (χ1) is 9.97. The fraction of sp³-hybridized carbons (Fsp3) is 0.562. The van der Waals surface area contributed by atoms with Gasteiger partial charge in [0.05, 0.1) is 6.54 Å². The molecular formula is C16H26BrN3O. The summed E-state index contributed by atoms with van der Waals surface area (Å²) in [5, 5.41) is 6.29. The molecule has 0 bridgehead atoms.